The summed E-state index contributed by atoms with van der Waals surface area (Å²) in [4.78, 5) is 11.5. The van der Waals surface area contributed by atoms with E-state index in [1.165, 1.54) is 7.11 Å². The summed E-state index contributed by atoms with van der Waals surface area (Å²) in [5.41, 5.74) is 0. The van der Waals surface area contributed by atoms with Gasteiger partial charge in [0.2, 0.25) is 0 Å². The molecule has 2 unspecified atom stereocenters. The van der Waals surface area contributed by atoms with Crippen LogP contribution in [0.5, 0.6) is 0 Å². The van der Waals surface area contributed by atoms with Gasteiger partial charge in [0.25, 0.3) is 0 Å². The molecule has 0 aromatic rings. The highest BCUT2D eigenvalue weighted by atomic mass is 32.2. The molecule has 1 aliphatic carbocycles. The second kappa shape index (κ2) is 4.01. The van der Waals surface area contributed by atoms with E-state index < -0.39 is 16.0 Å². The van der Waals surface area contributed by atoms with Crippen molar-refractivity contribution in [3.8, 4) is 0 Å². The van der Waals surface area contributed by atoms with Crippen molar-refractivity contribution in [2.45, 2.75) is 43.6 Å². The van der Waals surface area contributed by atoms with E-state index in [4.69, 9.17) is 4.74 Å². The predicted molar refractivity (Wildman–Crippen MR) is 56.4 cm³/mol. The third-order valence-electron chi connectivity index (χ3n) is 2.32. The topological polar surface area (TPSA) is 43.4 Å². The van der Waals surface area contributed by atoms with E-state index in [2.05, 4.69) is 0 Å². The van der Waals surface area contributed by atoms with Gasteiger partial charge in [-0.2, -0.15) is 0 Å². The molecule has 0 amide bonds. The van der Waals surface area contributed by atoms with Gasteiger partial charge in [-0.05, 0) is 39.5 Å². The maximum Gasteiger partial charge on any atom is 0.321 e. The van der Waals surface area contributed by atoms with Crippen LogP contribution in [0.3, 0.4) is 0 Å². The Balaban J connectivity index is 2.77. The van der Waals surface area contributed by atoms with Crippen LogP contribution in [0.4, 0.5) is 0 Å². The van der Waals surface area contributed by atoms with E-state index in [-0.39, 0.29) is 16.6 Å². The fraction of sp³-hybridized carbons (Fsp3) is 0.900. The van der Waals surface area contributed by atoms with Gasteiger partial charge < -0.3 is 4.74 Å². The number of esters is 1. The molecule has 14 heavy (non-hydrogen) atoms. The molecule has 0 aromatic carbocycles. The van der Waals surface area contributed by atoms with Crippen molar-refractivity contribution in [2.75, 3.05) is 7.11 Å². The third-order valence-corrected chi connectivity index (χ3v) is 4.56. The number of hydrogen-bond donors (Lipinski definition) is 0. The van der Waals surface area contributed by atoms with Crippen molar-refractivity contribution in [2.24, 2.45) is 5.92 Å². The Hall–Kier alpha value is -0.380. The molecule has 0 aromatic heterocycles. The van der Waals surface area contributed by atoms with E-state index in [0.717, 1.165) is 12.8 Å². The standard InChI is InChI=1S/C10H18O3S/c1-10(2,3)14(12)8(7-5-6-7)9(11)13-4/h7-8H,5-6H2,1-4H3. The van der Waals surface area contributed by atoms with E-state index in [9.17, 15) is 9.00 Å². The van der Waals surface area contributed by atoms with Crippen molar-refractivity contribution in [3.05, 3.63) is 0 Å². The quantitative estimate of drug-likeness (QED) is 0.674. The molecule has 0 aliphatic heterocycles. The second-order valence-electron chi connectivity index (χ2n) is 4.69. The normalized spacial score (nSPS) is 21.4. The van der Waals surface area contributed by atoms with Crippen molar-refractivity contribution < 1.29 is 13.7 Å². The van der Waals surface area contributed by atoms with Crippen molar-refractivity contribution in [1.82, 2.24) is 0 Å². The number of methoxy groups -OCH3 is 1. The van der Waals surface area contributed by atoms with Gasteiger partial charge in [-0.25, -0.2) is 0 Å². The molecule has 2 atom stereocenters. The van der Waals surface area contributed by atoms with Crippen LogP contribution in [0.2, 0.25) is 0 Å². The van der Waals surface area contributed by atoms with Gasteiger partial charge in [0.15, 0.2) is 0 Å². The van der Waals surface area contributed by atoms with Crippen LogP contribution in [0.15, 0.2) is 0 Å². The predicted octanol–water partition coefficient (Wildman–Crippen LogP) is 1.49. The molecular formula is C10H18O3S. The monoisotopic (exact) mass is 218 g/mol. The minimum Gasteiger partial charge on any atom is -0.468 e. The lowest BCUT2D eigenvalue weighted by atomic mass is 10.2. The van der Waals surface area contributed by atoms with Crippen LogP contribution in [0.1, 0.15) is 33.6 Å². The van der Waals surface area contributed by atoms with Gasteiger partial charge in [-0.1, -0.05) is 0 Å². The molecule has 0 spiro atoms. The van der Waals surface area contributed by atoms with Crippen molar-refractivity contribution >= 4 is 16.8 Å². The van der Waals surface area contributed by atoms with Crippen LogP contribution in [-0.2, 0) is 20.3 Å². The molecule has 0 saturated heterocycles. The van der Waals surface area contributed by atoms with E-state index in [1.807, 2.05) is 20.8 Å². The number of hydrogen-bond acceptors (Lipinski definition) is 3. The summed E-state index contributed by atoms with van der Waals surface area (Å²) < 4.78 is 16.4. The van der Waals surface area contributed by atoms with Crippen LogP contribution < -0.4 is 0 Å². The highest BCUT2D eigenvalue weighted by Crippen LogP contribution is 2.38. The lowest BCUT2D eigenvalue weighted by Gasteiger charge is -2.23. The number of carbonyl (C=O) groups excluding carboxylic acids is 1. The smallest absolute Gasteiger partial charge is 0.321 e. The highest BCUT2D eigenvalue weighted by Gasteiger charge is 2.44. The van der Waals surface area contributed by atoms with Gasteiger partial charge >= 0.3 is 5.97 Å². The summed E-state index contributed by atoms with van der Waals surface area (Å²) in [5, 5.41) is -0.417. The zero-order chi connectivity index (χ0) is 10.9. The largest absolute Gasteiger partial charge is 0.468 e. The molecule has 4 heteroatoms. The third kappa shape index (κ3) is 2.56. The molecule has 0 heterocycles. The zero-order valence-electron chi connectivity index (χ0n) is 9.20. The van der Waals surface area contributed by atoms with Gasteiger partial charge in [0.1, 0.15) is 5.25 Å². The molecule has 1 rings (SSSR count). The molecule has 0 bridgehead atoms. The summed E-state index contributed by atoms with van der Waals surface area (Å²) in [7, 11) is 0.211. The van der Waals surface area contributed by atoms with E-state index in [0.29, 0.717) is 0 Å². The van der Waals surface area contributed by atoms with Crippen LogP contribution in [-0.4, -0.2) is 27.3 Å². The van der Waals surface area contributed by atoms with Gasteiger partial charge in [0, 0.05) is 15.5 Å². The summed E-state index contributed by atoms with van der Waals surface area (Å²) in [5.74, 6) is -0.0386. The van der Waals surface area contributed by atoms with Crippen LogP contribution >= 0.6 is 0 Å². The Kier molecular flexibility index (Phi) is 3.35. The molecule has 1 aliphatic rings. The highest BCUT2D eigenvalue weighted by molar-refractivity contribution is 7.87. The minimum atomic E-state index is -1.15. The van der Waals surface area contributed by atoms with Crippen LogP contribution in [0, 0.1) is 5.92 Å². The summed E-state index contributed by atoms with van der Waals surface area (Å²) >= 11 is 0. The van der Waals surface area contributed by atoms with Crippen LogP contribution in [0.25, 0.3) is 0 Å². The fourth-order valence-corrected chi connectivity index (χ4v) is 3.01. The Morgan fingerprint density at radius 1 is 1.43 bits per heavy atom. The zero-order valence-corrected chi connectivity index (χ0v) is 10.0. The SMILES string of the molecule is COC(=O)C(C1CC1)S(=O)C(C)(C)C. The molecule has 0 N–H and O–H groups in total. The average Bonchev–Trinajstić information content (AvgIpc) is 2.86. The lowest BCUT2D eigenvalue weighted by molar-refractivity contribution is -0.140. The summed E-state index contributed by atoms with van der Waals surface area (Å²) in [6, 6.07) is 0. The number of ether oxygens (including phenoxy) is 1. The Morgan fingerprint density at radius 3 is 2.21 bits per heavy atom. The first-order chi connectivity index (χ1) is 6.38. The van der Waals surface area contributed by atoms with E-state index in [1.54, 1.807) is 0 Å². The molecular weight excluding hydrogens is 200 g/mol. The maximum absolute atomic E-state index is 12.1. The first-order valence-corrected chi connectivity index (χ1v) is 6.07. The number of carbonyl (C=O) groups is 1. The Morgan fingerprint density at radius 2 is 1.93 bits per heavy atom. The second-order valence-corrected chi connectivity index (χ2v) is 7.02. The van der Waals surface area contributed by atoms with Crippen molar-refractivity contribution in [3.63, 3.8) is 0 Å². The Labute approximate surface area is 87.7 Å². The fourth-order valence-electron chi connectivity index (χ4n) is 1.35. The molecule has 1 saturated carbocycles. The summed E-state index contributed by atoms with van der Waals surface area (Å²) in [6.45, 7) is 5.67. The minimum absolute atomic E-state index is 0.280. The maximum atomic E-state index is 12.1. The first kappa shape index (κ1) is 11.7. The molecule has 0 radical (unpaired) electrons. The molecule has 3 nitrogen and oxygen atoms in total. The summed E-state index contributed by atoms with van der Waals surface area (Å²) in [6.07, 6.45) is 2.00. The average molecular weight is 218 g/mol. The molecule has 82 valence electrons. The van der Waals surface area contributed by atoms with E-state index >= 15 is 0 Å². The molecule has 1 fully saturated rings. The van der Waals surface area contributed by atoms with Crippen molar-refractivity contribution in [1.29, 1.82) is 0 Å². The van der Waals surface area contributed by atoms with Gasteiger partial charge in [-0.15, -0.1) is 0 Å². The first-order valence-electron chi connectivity index (χ1n) is 4.86. The van der Waals surface area contributed by atoms with Gasteiger partial charge in [-0.3, -0.25) is 9.00 Å². The number of rotatable bonds is 3. The van der Waals surface area contributed by atoms with Gasteiger partial charge in [0.05, 0.1) is 7.11 Å². The Bertz CT molecular complexity index is 251. The lowest BCUT2D eigenvalue weighted by Crippen LogP contribution is -2.38.